The zero-order valence-corrected chi connectivity index (χ0v) is 16.4. The van der Waals surface area contributed by atoms with Crippen LogP contribution in [0, 0.1) is 6.92 Å². The Hall–Kier alpha value is -3.61. The van der Waals surface area contributed by atoms with E-state index in [4.69, 9.17) is 14.2 Å². The normalized spacial score (nSPS) is 14.4. The van der Waals surface area contributed by atoms with Crippen LogP contribution in [0.15, 0.2) is 53.2 Å². The van der Waals surface area contributed by atoms with Crippen molar-refractivity contribution in [3.05, 3.63) is 64.9 Å². The Morgan fingerprint density at radius 3 is 2.69 bits per heavy atom. The summed E-state index contributed by atoms with van der Waals surface area (Å²) in [5, 5.41) is 0. The molecule has 0 unspecified atom stereocenters. The molecule has 0 amide bonds. The summed E-state index contributed by atoms with van der Waals surface area (Å²) in [5.74, 6) is 0.0983. The number of nitrogens with zero attached hydrogens (tertiary/aromatic N) is 1. The molecule has 29 heavy (non-hydrogen) atoms. The maximum atomic E-state index is 12.2. The molecule has 7 heteroatoms. The molecule has 0 spiro atoms. The molecule has 2 aromatic carbocycles. The van der Waals surface area contributed by atoms with E-state index in [0.29, 0.717) is 23.7 Å². The van der Waals surface area contributed by atoms with E-state index in [2.05, 4.69) is 9.73 Å². The quantitative estimate of drug-likeness (QED) is 0.528. The number of benzene rings is 2. The summed E-state index contributed by atoms with van der Waals surface area (Å²) in [6, 6.07) is 12.7. The van der Waals surface area contributed by atoms with Crippen LogP contribution in [0.5, 0.6) is 11.5 Å². The van der Waals surface area contributed by atoms with Gasteiger partial charge in [0.05, 0.1) is 13.7 Å². The molecule has 1 aliphatic rings. The molecule has 3 rings (SSSR count). The molecule has 1 aliphatic heterocycles. The highest BCUT2D eigenvalue weighted by atomic mass is 16.6. The summed E-state index contributed by atoms with van der Waals surface area (Å²) in [5.41, 5.74) is 2.65. The molecule has 0 bridgehead atoms. The standard InChI is InChI=1S/C22H21NO6/c1-4-27-19-12-15(8-9-18(19)28-13-20(24)26-3)11-17-22(25)29-21(23-17)16-7-5-6-14(2)10-16/h5-12H,4,13H2,1-3H3/b17-11+. The summed E-state index contributed by atoms with van der Waals surface area (Å²) < 4.78 is 20.9. The van der Waals surface area contributed by atoms with Gasteiger partial charge in [0.1, 0.15) is 0 Å². The number of carbonyl (C=O) groups excluding carboxylic acids is 2. The average molecular weight is 395 g/mol. The Morgan fingerprint density at radius 1 is 1.14 bits per heavy atom. The molecule has 150 valence electrons. The first-order valence-electron chi connectivity index (χ1n) is 9.06. The van der Waals surface area contributed by atoms with Crippen LogP contribution in [0.3, 0.4) is 0 Å². The maximum absolute atomic E-state index is 12.2. The molecule has 0 fully saturated rings. The highest BCUT2D eigenvalue weighted by Crippen LogP contribution is 2.30. The van der Waals surface area contributed by atoms with Gasteiger partial charge >= 0.3 is 11.9 Å². The van der Waals surface area contributed by atoms with Gasteiger partial charge in [0.25, 0.3) is 0 Å². The van der Waals surface area contributed by atoms with E-state index in [1.54, 1.807) is 24.3 Å². The number of hydrogen-bond acceptors (Lipinski definition) is 7. The van der Waals surface area contributed by atoms with Gasteiger partial charge in [0.2, 0.25) is 5.90 Å². The van der Waals surface area contributed by atoms with Crippen LogP contribution in [0.2, 0.25) is 0 Å². The maximum Gasteiger partial charge on any atom is 0.363 e. The third-order valence-corrected chi connectivity index (χ3v) is 4.03. The first kappa shape index (κ1) is 20.1. The number of carbonyl (C=O) groups is 2. The lowest BCUT2D eigenvalue weighted by Gasteiger charge is -2.11. The minimum absolute atomic E-state index is 0.187. The molecule has 2 aromatic rings. The van der Waals surface area contributed by atoms with Gasteiger partial charge in [-0.1, -0.05) is 23.8 Å². The molecule has 0 N–H and O–H groups in total. The Morgan fingerprint density at radius 2 is 1.97 bits per heavy atom. The molecule has 1 heterocycles. The van der Waals surface area contributed by atoms with Crippen molar-refractivity contribution >= 4 is 23.9 Å². The van der Waals surface area contributed by atoms with Gasteiger partial charge in [-0.2, -0.15) is 0 Å². The SMILES string of the molecule is CCOc1cc(/C=C2/N=C(c3cccc(C)c3)OC2=O)ccc1OCC(=O)OC. The topological polar surface area (TPSA) is 83.4 Å². The van der Waals surface area contributed by atoms with E-state index in [9.17, 15) is 9.59 Å². The van der Waals surface area contributed by atoms with E-state index in [-0.39, 0.29) is 18.2 Å². The van der Waals surface area contributed by atoms with Crippen molar-refractivity contribution in [2.24, 2.45) is 4.99 Å². The van der Waals surface area contributed by atoms with Crippen molar-refractivity contribution in [3.8, 4) is 11.5 Å². The fourth-order valence-electron chi connectivity index (χ4n) is 2.67. The van der Waals surface area contributed by atoms with Gasteiger partial charge in [-0.15, -0.1) is 0 Å². The van der Waals surface area contributed by atoms with Crippen LogP contribution in [0.1, 0.15) is 23.6 Å². The Kier molecular flexibility index (Phi) is 6.29. The highest BCUT2D eigenvalue weighted by Gasteiger charge is 2.24. The zero-order chi connectivity index (χ0) is 20.8. The van der Waals surface area contributed by atoms with Crippen LogP contribution >= 0.6 is 0 Å². The lowest BCUT2D eigenvalue weighted by atomic mass is 10.1. The van der Waals surface area contributed by atoms with E-state index in [1.165, 1.54) is 7.11 Å². The number of ether oxygens (including phenoxy) is 4. The second-order valence-electron chi connectivity index (χ2n) is 6.21. The van der Waals surface area contributed by atoms with E-state index in [1.807, 2.05) is 38.1 Å². The number of aliphatic imine (C=N–C) groups is 1. The van der Waals surface area contributed by atoms with Gasteiger partial charge in [0, 0.05) is 5.56 Å². The molecular formula is C22H21NO6. The minimum Gasteiger partial charge on any atom is -0.490 e. The van der Waals surface area contributed by atoms with Crippen molar-refractivity contribution < 1.29 is 28.5 Å². The van der Waals surface area contributed by atoms with Crippen LogP contribution < -0.4 is 9.47 Å². The van der Waals surface area contributed by atoms with Crippen LogP contribution in [-0.2, 0) is 19.1 Å². The average Bonchev–Trinajstić information content (AvgIpc) is 3.08. The lowest BCUT2D eigenvalue weighted by Crippen LogP contribution is -2.13. The van der Waals surface area contributed by atoms with Gasteiger partial charge in [-0.05, 0) is 49.8 Å². The molecule has 0 atom stereocenters. The summed E-state index contributed by atoms with van der Waals surface area (Å²) in [6.07, 6.45) is 1.61. The monoisotopic (exact) mass is 395 g/mol. The van der Waals surface area contributed by atoms with Crippen LogP contribution in [0.4, 0.5) is 0 Å². The number of esters is 2. The van der Waals surface area contributed by atoms with Crippen molar-refractivity contribution in [2.45, 2.75) is 13.8 Å². The lowest BCUT2D eigenvalue weighted by molar-refractivity contribution is -0.143. The summed E-state index contributed by atoms with van der Waals surface area (Å²) in [6.45, 7) is 3.97. The second kappa shape index (κ2) is 9.05. The Balaban J connectivity index is 1.86. The van der Waals surface area contributed by atoms with Crippen molar-refractivity contribution in [1.82, 2.24) is 0 Å². The van der Waals surface area contributed by atoms with Crippen molar-refractivity contribution in [3.63, 3.8) is 0 Å². The number of cyclic esters (lactones) is 1. The van der Waals surface area contributed by atoms with Gasteiger partial charge in [-0.25, -0.2) is 14.6 Å². The first-order chi connectivity index (χ1) is 14.0. The fraction of sp³-hybridized carbons (Fsp3) is 0.227. The summed E-state index contributed by atoms with van der Waals surface area (Å²) in [4.78, 5) is 27.8. The largest absolute Gasteiger partial charge is 0.490 e. The highest BCUT2D eigenvalue weighted by molar-refractivity contribution is 6.12. The smallest absolute Gasteiger partial charge is 0.363 e. The first-order valence-corrected chi connectivity index (χ1v) is 9.06. The second-order valence-corrected chi connectivity index (χ2v) is 6.21. The fourth-order valence-corrected chi connectivity index (χ4v) is 2.67. The molecule has 0 aromatic heterocycles. The molecule has 0 saturated heterocycles. The summed E-state index contributed by atoms with van der Waals surface area (Å²) in [7, 11) is 1.29. The van der Waals surface area contributed by atoms with Crippen molar-refractivity contribution in [2.75, 3.05) is 20.3 Å². The number of methoxy groups -OCH3 is 1. The van der Waals surface area contributed by atoms with E-state index >= 15 is 0 Å². The molecule has 7 nitrogen and oxygen atoms in total. The zero-order valence-electron chi connectivity index (χ0n) is 16.4. The van der Waals surface area contributed by atoms with E-state index < -0.39 is 11.9 Å². The van der Waals surface area contributed by atoms with Gasteiger partial charge in [-0.3, -0.25) is 0 Å². The summed E-state index contributed by atoms with van der Waals surface area (Å²) >= 11 is 0. The predicted molar refractivity (Wildman–Crippen MR) is 107 cm³/mol. The Bertz CT molecular complexity index is 993. The molecule has 0 aliphatic carbocycles. The van der Waals surface area contributed by atoms with E-state index in [0.717, 1.165) is 11.1 Å². The molecule has 0 radical (unpaired) electrons. The third kappa shape index (κ3) is 5.01. The van der Waals surface area contributed by atoms with Crippen LogP contribution in [0.25, 0.3) is 6.08 Å². The molecular weight excluding hydrogens is 374 g/mol. The minimum atomic E-state index is -0.523. The predicted octanol–water partition coefficient (Wildman–Crippen LogP) is 3.29. The Labute approximate surface area is 168 Å². The number of hydrogen-bond donors (Lipinski definition) is 0. The van der Waals surface area contributed by atoms with Gasteiger partial charge in [0.15, 0.2) is 23.8 Å². The van der Waals surface area contributed by atoms with Gasteiger partial charge < -0.3 is 18.9 Å². The number of rotatable bonds is 7. The third-order valence-electron chi connectivity index (χ3n) is 4.03. The van der Waals surface area contributed by atoms with Crippen LogP contribution in [-0.4, -0.2) is 38.2 Å². The molecule has 0 saturated carbocycles. The van der Waals surface area contributed by atoms with Crippen molar-refractivity contribution in [1.29, 1.82) is 0 Å². The number of aryl methyl sites for hydroxylation is 1.